The summed E-state index contributed by atoms with van der Waals surface area (Å²) in [4.78, 5) is 22.8. The number of aromatic nitrogens is 3. The molecule has 1 atom stereocenters. The number of thioether (sulfide) groups is 1. The predicted molar refractivity (Wildman–Crippen MR) is 119 cm³/mol. The molecule has 1 N–H and O–H groups in total. The number of carbonyl (C=O) groups is 1. The Labute approximate surface area is 187 Å². The molecular weight excluding hydrogens is 442 g/mol. The summed E-state index contributed by atoms with van der Waals surface area (Å²) in [6.45, 7) is 4.56. The number of carbonyl (C=O) groups excluding carboxylic acids is 1. The van der Waals surface area contributed by atoms with Crippen LogP contribution in [-0.4, -0.2) is 30.8 Å². The Morgan fingerprint density at radius 1 is 1.23 bits per heavy atom. The van der Waals surface area contributed by atoms with Crippen LogP contribution in [0.1, 0.15) is 19.7 Å². The topological polar surface area (TPSA) is 112 Å². The van der Waals surface area contributed by atoms with Crippen LogP contribution in [0.4, 0.5) is 11.4 Å². The Morgan fingerprint density at radius 3 is 2.52 bits per heavy atom. The van der Waals surface area contributed by atoms with Crippen molar-refractivity contribution in [2.45, 2.75) is 37.4 Å². The zero-order chi connectivity index (χ0) is 22.4. The van der Waals surface area contributed by atoms with Crippen LogP contribution in [0.25, 0.3) is 0 Å². The van der Waals surface area contributed by atoms with E-state index >= 15 is 0 Å². The lowest BCUT2D eigenvalue weighted by Crippen LogP contribution is -2.23. The minimum absolute atomic E-state index is 0.0372. The highest BCUT2D eigenvalue weighted by molar-refractivity contribution is 8.00. The summed E-state index contributed by atoms with van der Waals surface area (Å²) in [5.41, 5.74) is 0.446. The Hall–Kier alpha value is -3.11. The second kappa shape index (κ2) is 10.3. The van der Waals surface area contributed by atoms with E-state index in [0.717, 1.165) is 0 Å². The molecule has 31 heavy (non-hydrogen) atoms. The molecule has 3 aromatic rings. The molecule has 3 rings (SSSR count). The van der Waals surface area contributed by atoms with Crippen LogP contribution in [0, 0.1) is 10.1 Å². The fourth-order valence-corrected chi connectivity index (χ4v) is 3.69. The number of ether oxygens (including phenoxy) is 1. The van der Waals surface area contributed by atoms with Gasteiger partial charge in [-0.2, -0.15) is 0 Å². The number of benzene rings is 2. The molecule has 2 aromatic carbocycles. The minimum Gasteiger partial charge on any atom is -0.486 e. The first-order chi connectivity index (χ1) is 14.9. The summed E-state index contributed by atoms with van der Waals surface area (Å²) >= 11 is 7.15. The second-order valence-corrected chi connectivity index (χ2v) is 8.18. The molecule has 0 radical (unpaired) electrons. The molecule has 1 aromatic heterocycles. The molecule has 0 unspecified atom stereocenters. The van der Waals surface area contributed by atoms with Crippen molar-refractivity contribution in [3.05, 3.63) is 69.5 Å². The fourth-order valence-electron chi connectivity index (χ4n) is 2.63. The van der Waals surface area contributed by atoms with Crippen LogP contribution in [0.2, 0.25) is 5.02 Å². The summed E-state index contributed by atoms with van der Waals surface area (Å²) in [5, 5.41) is 22.6. The van der Waals surface area contributed by atoms with Gasteiger partial charge in [0.15, 0.2) is 11.0 Å². The molecule has 0 aliphatic heterocycles. The Morgan fingerprint density at radius 2 is 1.90 bits per heavy atom. The van der Waals surface area contributed by atoms with Gasteiger partial charge >= 0.3 is 0 Å². The highest BCUT2D eigenvalue weighted by Crippen LogP contribution is 2.25. The molecule has 1 amide bonds. The number of hydrogen-bond donors (Lipinski definition) is 1. The highest BCUT2D eigenvalue weighted by atomic mass is 35.5. The summed E-state index contributed by atoms with van der Waals surface area (Å²) in [6, 6.07) is 12.7. The van der Waals surface area contributed by atoms with Gasteiger partial charge in [0.05, 0.1) is 10.2 Å². The molecule has 0 aliphatic rings. The van der Waals surface area contributed by atoms with Gasteiger partial charge in [0.1, 0.15) is 12.4 Å². The van der Waals surface area contributed by atoms with Gasteiger partial charge in [-0.3, -0.25) is 14.9 Å². The number of nitro benzene ring substituents is 1. The number of halogens is 1. The standard InChI is InChI=1S/C20H20ClN5O4S/c1-3-25-18(12-30-17-10-4-14(21)5-11-17)23-24-20(25)31-13(2)19(27)22-15-6-8-16(9-7-15)26(28)29/h4-11,13H,3,12H2,1-2H3,(H,22,27)/t13-/m0/s1. The van der Waals surface area contributed by atoms with E-state index in [-0.39, 0.29) is 18.2 Å². The number of amides is 1. The average molecular weight is 462 g/mol. The molecule has 11 heteroatoms. The van der Waals surface area contributed by atoms with E-state index < -0.39 is 10.2 Å². The van der Waals surface area contributed by atoms with Crippen LogP contribution in [0.3, 0.4) is 0 Å². The van der Waals surface area contributed by atoms with Crippen LogP contribution >= 0.6 is 23.4 Å². The summed E-state index contributed by atoms with van der Waals surface area (Å²) < 4.78 is 7.63. The first-order valence-electron chi connectivity index (χ1n) is 9.39. The highest BCUT2D eigenvalue weighted by Gasteiger charge is 2.20. The van der Waals surface area contributed by atoms with Gasteiger partial charge in [-0.25, -0.2) is 0 Å². The number of nitrogens with zero attached hydrogens (tertiary/aromatic N) is 4. The maximum absolute atomic E-state index is 12.5. The maximum atomic E-state index is 12.5. The number of anilines is 1. The molecule has 0 saturated heterocycles. The van der Waals surface area contributed by atoms with Gasteiger partial charge in [0.2, 0.25) is 5.91 Å². The summed E-state index contributed by atoms with van der Waals surface area (Å²) in [5.74, 6) is 1.06. The molecule has 0 spiro atoms. The molecule has 0 saturated carbocycles. The molecule has 0 aliphatic carbocycles. The van der Waals surface area contributed by atoms with Crippen molar-refractivity contribution in [3.63, 3.8) is 0 Å². The SMILES string of the molecule is CCn1c(COc2ccc(Cl)cc2)nnc1S[C@@H](C)C(=O)Nc1ccc([N+](=O)[O-])cc1. The average Bonchev–Trinajstić information content (AvgIpc) is 3.15. The van der Waals surface area contributed by atoms with Crippen LogP contribution in [0.5, 0.6) is 5.75 Å². The maximum Gasteiger partial charge on any atom is 0.269 e. The van der Waals surface area contributed by atoms with E-state index in [1.165, 1.54) is 36.0 Å². The van der Waals surface area contributed by atoms with Crippen LogP contribution < -0.4 is 10.1 Å². The molecule has 0 fully saturated rings. The lowest BCUT2D eigenvalue weighted by molar-refractivity contribution is -0.384. The predicted octanol–water partition coefficient (Wildman–Crippen LogP) is 4.56. The van der Waals surface area contributed by atoms with Gasteiger partial charge in [0, 0.05) is 29.4 Å². The monoisotopic (exact) mass is 461 g/mol. The van der Waals surface area contributed by atoms with E-state index in [1.807, 2.05) is 11.5 Å². The third kappa shape index (κ3) is 5.96. The Bertz CT molecular complexity index is 1060. The Kier molecular flexibility index (Phi) is 7.48. The molecule has 9 nitrogen and oxygen atoms in total. The van der Waals surface area contributed by atoms with Crippen LogP contribution in [0.15, 0.2) is 53.7 Å². The number of rotatable bonds is 9. The van der Waals surface area contributed by atoms with Crippen molar-refractivity contribution in [1.82, 2.24) is 14.8 Å². The normalized spacial score (nSPS) is 11.7. The molecule has 162 valence electrons. The van der Waals surface area contributed by atoms with E-state index in [9.17, 15) is 14.9 Å². The fraction of sp³-hybridized carbons (Fsp3) is 0.250. The van der Waals surface area contributed by atoms with Gasteiger partial charge < -0.3 is 14.6 Å². The van der Waals surface area contributed by atoms with Gasteiger partial charge in [-0.05, 0) is 50.2 Å². The van der Waals surface area contributed by atoms with E-state index in [1.54, 1.807) is 31.2 Å². The number of hydrogen-bond acceptors (Lipinski definition) is 7. The second-order valence-electron chi connectivity index (χ2n) is 6.44. The summed E-state index contributed by atoms with van der Waals surface area (Å²) in [7, 11) is 0. The molecule has 1 heterocycles. The van der Waals surface area contributed by atoms with E-state index in [2.05, 4.69) is 15.5 Å². The third-order valence-electron chi connectivity index (χ3n) is 4.29. The number of nitro groups is 1. The van der Waals surface area contributed by atoms with Crippen molar-refractivity contribution < 1.29 is 14.5 Å². The van der Waals surface area contributed by atoms with E-state index in [0.29, 0.717) is 34.0 Å². The van der Waals surface area contributed by atoms with Crippen molar-refractivity contribution in [1.29, 1.82) is 0 Å². The zero-order valence-corrected chi connectivity index (χ0v) is 18.4. The third-order valence-corrected chi connectivity index (χ3v) is 5.62. The van der Waals surface area contributed by atoms with Crippen molar-refractivity contribution in [2.24, 2.45) is 0 Å². The smallest absolute Gasteiger partial charge is 0.269 e. The largest absolute Gasteiger partial charge is 0.486 e. The lowest BCUT2D eigenvalue weighted by Gasteiger charge is -2.13. The van der Waals surface area contributed by atoms with Crippen molar-refractivity contribution >= 4 is 40.6 Å². The first-order valence-corrected chi connectivity index (χ1v) is 10.7. The van der Waals surface area contributed by atoms with E-state index in [4.69, 9.17) is 16.3 Å². The van der Waals surface area contributed by atoms with Gasteiger partial charge in [-0.1, -0.05) is 23.4 Å². The Balaban J connectivity index is 1.61. The van der Waals surface area contributed by atoms with Gasteiger partial charge in [-0.15, -0.1) is 10.2 Å². The van der Waals surface area contributed by atoms with Gasteiger partial charge in [0.25, 0.3) is 5.69 Å². The number of non-ortho nitro benzene ring substituents is 1. The molecule has 0 bridgehead atoms. The van der Waals surface area contributed by atoms with Crippen molar-refractivity contribution in [2.75, 3.05) is 5.32 Å². The summed E-state index contributed by atoms with van der Waals surface area (Å²) in [6.07, 6.45) is 0. The quantitative estimate of drug-likeness (QED) is 0.282. The van der Waals surface area contributed by atoms with Crippen LogP contribution in [-0.2, 0) is 17.9 Å². The zero-order valence-electron chi connectivity index (χ0n) is 16.8. The van der Waals surface area contributed by atoms with Crippen molar-refractivity contribution in [3.8, 4) is 5.75 Å². The first kappa shape index (κ1) is 22.6. The molecular formula is C20H20ClN5O4S. The minimum atomic E-state index is -0.490. The number of nitrogens with one attached hydrogen (secondary N) is 1. The lowest BCUT2D eigenvalue weighted by atomic mass is 10.3.